The van der Waals surface area contributed by atoms with Crippen molar-refractivity contribution in [1.82, 2.24) is 4.90 Å². The fourth-order valence-corrected chi connectivity index (χ4v) is 2.68. The topological polar surface area (TPSA) is 49.8 Å². The number of β-amino-alcohol motifs (C(OH)–C–C–N with tert-alkyl or cyclic N) is 1. The van der Waals surface area contributed by atoms with Crippen molar-refractivity contribution in [2.75, 3.05) is 13.2 Å². The van der Waals surface area contributed by atoms with Crippen molar-refractivity contribution in [2.45, 2.75) is 39.3 Å². The zero-order valence-electron chi connectivity index (χ0n) is 14.2. The number of hydrogen-bond acceptors (Lipinski definition) is 3. The van der Waals surface area contributed by atoms with Crippen LogP contribution < -0.4 is 0 Å². The summed E-state index contributed by atoms with van der Waals surface area (Å²) in [5, 5.41) is 11.4. The average molecular weight is 315 g/mol. The van der Waals surface area contributed by atoms with E-state index in [0.29, 0.717) is 0 Å². The molecule has 4 heteroatoms. The Morgan fingerprint density at radius 1 is 1.17 bits per heavy atom. The summed E-state index contributed by atoms with van der Waals surface area (Å²) in [7, 11) is 0. The van der Waals surface area contributed by atoms with E-state index >= 15 is 0 Å². The number of benzene rings is 2. The Labute approximate surface area is 137 Å². The molecule has 2 aromatic carbocycles. The normalized spacial score (nSPS) is 12.9. The zero-order valence-corrected chi connectivity index (χ0v) is 14.2. The van der Waals surface area contributed by atoms with E-state index < -0.39 is 11.6 Å². The van der Waals surface area contributed by atoms with E-state index in [1.165, 1.54) is 0 Å². The van der Waals surface area contributed by atoms with E-state index in [1.54, 1.807) is 4.90 Å². The van der Waals surface area contributed by atoms with Gasteiger partial charge in [-0.15, -0.1) is 0 Å². The van der Waals surface area contributed by atoms with Crippen LogP contribution in [0.2, 0.25) is 0 Å². The van der Waals surface area contributed by atoms with Gasteiger partial charge in [-0.05, 0) is 38.5 Å². The van der Waals surface area contributed by atoms with Crippen molar-refractivity contribution in [2.24, 2.45) is 0 Å². The number of carbonyl (C=O) groups is 1. The molecule has 0 saturated carbocycles. The number of aliphatic hydroxyl groups is 1. The van der Waals surface area contributed by atoms with Crippen molar-refractivity contribution in [3.63, 3.8) is 0 Å². The smallest absolute Gasteiger partial charge is 0.410 e. The second-order valence-corrected chi connectivity index (χ2v) is 6.64. The van der Waals surface area contributed by atoms with Gasteiger partial charge in [0, 0.05) is 17.6 Å². The molecule has 0 heterocycles. The SMILES string of the molecule is CC(OC(=O)N(CCO)C(C)(C)C)c1cccc2ccccc12. The third-order valence-electron chi connectivity index (χ3n) is 3.89. The van der Waals surface area contributed by atoms with Crippen molar-refractivity contribution >= 4 is 16.9 Å². The van der Waals surface area contributed by atoms with Crippen LogP contribution in [0.4, 0.5) is 4.79 Å². The largest absolute Gasteiger partial charge is 0.441 e. The second kappa shape index (κ2) is 7.01. The van der Waals surface area contributed by atoms with Crippen LogP contribution in [0.15, 0.2) is 42.5 Å². The molecule has 0 aliphatic rings. The van der Waals surface area contributed by atoms with E-state index in [0.717, 1.165) is 16.3 Å². The zero-order chi connectivity index (χ0) is 17.0. The fourth-order valence-electron chi connectivity index (χ4n) is 2.68. The van der Waals surface area contributed by atoms with E-state index in [2.05, 4.69) is 0 Å². The van der Waals surface area contributed by atoms with Crippen LogP contribution in [0, 0.1) is 0 Å². The van der Waals surface area contributed by atoms with Gasteiger partial charge in [0.1, 0.15) is 6.10 Å². The molecule has 1 unspecified atom stereocenters. The molecule has 0 spiro atoms. The Hall–Kier alpha value is -2.07. The minimum Gasteiger partial charge on any atom is -0.441 e. The summed E-state index contributed by atoms with van der Waals surface area (Å²) in [6.07, 6.45) is -0.774. The molecule has 124 valence electrons. The molecule has 0 aromatic heterocycles. The van der Waals surface area contributed by atoms with Crippen molar-refractivity contribution < 1.29 is 14.6 Å². The number of fused-ring (bicyclic) bond motifs is 1. The van der Waals surface area contributed by atoms with Crippen molar-refractivity contribution in [3.05, 3.63) is 48.0 Å². The first kappa shape index (κ1) is 17.3. The molecule has 0 saturated heterocycles. The number of amides is 1. The Kier molecular flexibility index (Phi) is 5.26. The molecule has 0 aliphatic carbocycles. The van der Waals surface area contributed by atoms with E-state index in [4.69, 9.17) is 4.74 Å². The third-order valence-corrected chi connectivity index (χ3v) is 3.89. The number of nitrogens with zero attached hydrogens (tertiary/aromatic N) is 1. The minimum atomic E-state index is -0.410. The summed E-state index contributed by atoms with van der Waals surface area (Å²) in [6, 6.07) is 14.0. The number of hydrogen-bond donors (Lipinski definition) is 1. The van der Waals surface area contributed by atoms with Gasteiger partial charge in [0.25, 0.3) is 0 Å². The Balaban J connectivity index is 2.23. The molecular formula is C19H25NO3. The van der Waals surface area contributed by atoms with Gasteiger partial charge in [-0.25, -0.2) is 4.79 Å². The van der Waals surface area contributed by atoms with Crippen molar-refractivity contribution in [1.29, 1.82) is 0 Å². The lowest BCUT2D eigenvalue weighted by Crippen LogP contribution is -2.47. The monoisotopic (exact) mass is 315 g/mol. The standard InChI is InChI=1S/C19H25NO3/c1-14(23-18(22)20(12-13-21)19(2,3)4)16-11-7-9-15-8-5-6-10-17(15)16/h5-11,14,21H,12-13H2,1-4H3. The molecule has 2 aromatic rings. The summed E-state index contributed by atoms with van der Waals surface area (Å²) < 4.78 is 5.66. The summed E-state index contributed by atoms with van der Waals surface area (Å²) in [5.41, 5.74) is 0.576. The highest BCUT2D eigenvalue weighted by molar-refractivity contribution is 5.86. The summed E-state index contributed by atoms with van der Waals surface area (Å²) >= 11 is 0. The molecule has 1 N–H and O–H groups in total. The van der Waals surface area contributed by atoms with Crippen LogP contribution in [-0.2, 0) is 4.74 Å². The summed E-state index contributed by atoms with van der Waals surface area (Å²) in [5.74, 6) is 0. The van der Waals surface area contributed by atoms with Crippen LogP contribution in [0.3, 0.4) is 0 Å². The highest BCUT2D eigenvalue weighted by Crippen LogP contribution is 2.27. The van der Waals surface area contributed by atoms with E-state index in [-0.39, 0.29) is 19.3 Å². The molecule has 0 fully saturated rings. The molecule has 4 nitrogen and oxygen atoms in total. The summed E-state index contributed by atoms with van der Waals surface area (Å²) in [6.45, 7) is 7.81. The van der Waals surface area contributed by atoms with Crippen molar-refractivity contribution in [3.8, 4) is 0 Å². The lowest BCUT2D eigenvalue weighted by Gasteiger charge is -2.35. The molecular weight excluding hydrogens is 290 g/mol. The van der Waals surface area contributed by atoms with Crippen LogP contribution in [-0.4, -0.2) is 34.8 Å². The third kappa shape index (κ3) is 4.02. The molecule has 0 radical (unpaired) electrons. The highest BCUT2D eigenvalue weighted by atomic mass is 16.6. The predicted octanol–water partition coefficient (Wildman–Crippen LogP) is 4.13. The minimum absolute atomic E-state index is 0.0883. The maximum atomic E-state index is 12.5. The number of rotatable bonds is 4. The number of aliphatic hydroxyl groups excluding tert-OH is 1. The molecule has 0 bridgehead atoms. The fraction of sp³-hybridized carbons (Fsp3) is 0.421. The number of ether oxygens (including phenoxy) is 1. The van der Waals surface area contributed by atoms with E-state index in [1.807, 2.05) is 70.2 Å². The van der Waals surface area contributed by atoms with Gasteiger partial charge in [-0.3, -0.25) is 0 Å². The van der Waals surface area contributed by atoms with Gasteiger partial charge in [0.15, 0.2) is 0 Å². The van der Waals surface area contributed by atoms with Gasteiger partial charge in [-0.1, -0.05) is 42.5 Å². The second-order valence-electron chi connectivity index (χ2n) is 6.64. The van der Waals surface area contributed by atoms with Crippen LogP contribution in [0.25, 0.3) is 10.8 Å². The summed E-state index contributed by atoms with van der Waals surface area (Å²) in [4.78, 5) is 14.0. The average Bonchev–Trinajstić information content (AvgIpc) is 2.50. The molecule has 0 aliphatic heterocycles. The van der Waals surface area contributed by atoms with Gasteiger partial charge >= 0.3 is 6.09 Å². The van der Waals surface area contributed by atoms with E-state index in [9.17, 15) is 9.90 Å². The molecule has 2 rings (SSSR count). The van der Waals surface area contributed by atoms with Crippen LogP contribution >= 0.6 is 0 Å². The first-order chi connectivity index (χ1) is 10.8. The quantitative estimate of drug-likeness (QED) is 0.923. The van der Waals surface area contributed by atoms with Gasteiger partial charge in [0.2, 0.25) is 0 Å². The Bertz CT molecular complexity index is 670. The molecule has 1 atom stereocenters. The maximum absolute atomic E-state index is 12.5. The Morgan fingerprint density at radius 3 is 2.48 bits per heavy atom. The van der Waals surface area contributed by atoms with Gasteiger partial charge < -0.3 is 14.7 Å². The van der Waals surface area contributed by atoms with Crippen LogP contribution in [0.5, 0.6) is 0 Å². The van der Waals surface area contributed by atoms with Gasteiger partial charge in [0.05, 0.1) is 6.61 Å². The van der Waals surface area contributed by atoms with Crippen LogP contribution in [0.1, 0.15) is 39.4 Å². The first-order valence-electron chi connectivity index (χ1n) is 7.91. The lowest BCUT2D eigenvalue weighted by atomic mass is 10.0. The first-order valence-corrected chi connectivity index (χ1v) is 7.91. The maximum Gasteiger partial charge on any atom is 0.410 e. The van der Waals surface area contributed by atoms with Gasteiger partial charge in [-0.2, -0.15) is 0 Å². The predicted molar refractivity (Wildman–Crippen MR) is 92.4 cm³/mol. The molecule has 1 amide bonds. The highest BCUT2D eigenvalue weighted by Gasteiger charge is 2.28. The Morgan fingerprint density at radius 2 is 1.83 bits per heavy atom. The number of carbonyl (C=O) groups excluding carboxylic acids is 1. The lowest BCUT2D eigenvalue weighted by molar-refractivity contribution is 0.0356. The molecule has 23 heavy (non-hydrogen) atoms.